The summed E-state index contributed by atoms with van der Waals surface area (Å²) in [5, 5.41) is -0.412. The predicted octanol–water partition coefficient (Wildman–Crippen LogP) is 5.81. The third-order valence-corrected chi connectivity index (χ3v) is 9.40. The maximum absolute atomic E-state index is 13.6. The second-order valence-electron chi connectivity index (χ2n) is 9.97. The van der Waals surface area contributed by atoms with Crippen molar-refractivity contribution in [3.05, 3.63) is 102 Å². The molecule has 0 bridgehead atoms. The van der Waals surface area contributed by atoms with Crippen LogP contribution in [0.25, 0.3) is 11.5 Å². The van der Waals surface area contributed by atoms with E-state index >= 15 is 0 Å². The zero-order chi connectivity index (χ0) is 29.0. The van der Waals surface area contributed by atoms with Crippen molar-refractivity contribution in [1.29, 1.82) is 0 Å². The minimum atomic E-state index is -4.88. The number of hydrogen-bond acceptors (Lipinski definition) is 7. The Hall–Kier alpha value is -3.99. The number of sulfone groups is 1. The van der Waals surface area contributed by atoms with E-state index in [-0.39, 0.29) is 18.1 Å². The number of halogens is 3. The van der Waals surface area contributed by atoms with Crippen molar-refractivity contribution >= 4 is 21.4 Å². The molecule has 0 amide bonds. The van der Waals surface area contributed by atoms with E-state index in [1.165, 1.54) is 6.20 Å². The number of ketones is 1. The normalized spacial score (nSPS) is 14.8. The summed E-state index contributed by atoms with van der Waals surface area (Å²) in [5.41, 5.74) is 0.979. The van der Waals surface area contributed by atoms with Crippen LogP contribution >= 0.6 is 0 Å². The maximum atomic E-state index is 13.6. The fourth-order valence-corrected chi connectivity index (χ4v) is 6.68. The van der Waals surface area contributed by atoms with Crippen LogP contribution < -0.4 is 4.90 Å². The SMILES string of the molecule is O=C(Cc1ccc(N2CCC(S(=O)(=O)CCc3ccccc3)CC2)nc1)c1nc(-c2ccccc2)oc1C(F)(F)F. The Morgan fingerprint density at radius 3 is 2.20 bits per heavy atom. The fraction of sp³-hybridized carbons (Fsp3) is 0.300. The zero-order valence-corrected chi connectivity index (χ0v) is 22.9. The lowest BCUT2D eigenvalue weighted by molar-refractivity contribution is -0.153. The Morgan fingerprint density at radius 1 is 0.927 bits per heavy atom. The lowest BCUT2D eigenvalue weighted by Crippen LogP contribution is -2.40. The van der Waals surface area contributed by atoms with E-state index in [9.17, 15) is 26.4 Å². The predicted molar refractivity (Wildman–Crippen MR) is 148 cm³/mol. The third kappa shape index (κ3) is 6.84. The summed E-state index contributed by atoms with van der Waals surface area (Å²) >= 11 is 0. The summed E-state index contributed by atoms with van der Waals surface area (Å²) in [5.74, 6) is -1.81. The number of benzene rings is 2. The molecule has 41 heavy (non-hydrogen) atoms. The number of anilines is 1. The number of rotatable bonds is 9. The zero-order valence-electron chi connectivity index (χ0n) is 22.0. The maximum Gasteiger partial charge on any atom is 0.452 e. The van der Waals surface area contributed by atoms with Gasteiger partial charge in [0.2, 0.25) is 11.7 Å². The molecular formula is C30H28F3N3O4S. The highest BCUT2D eigenvalue weighted by atomic mass is 32.2. The molecule has 1 aliphatic heterocycles. The van der Waals surface area contributed by atoms with Gasteiger partial charge in [0.05, 0.1) is 11.0 Å². The van der Waals surface area contributed by atoms with Crippen molar-refractivity contribution in [2.24, 2.45) is 0 Å². The summed E-state index contributed by atoms with van der Waals surface area (Å²) < 4.78 is 71.6. The van der Waals surface area contributed by atoms with Gasteiger partial charge < -0.3 is 9.32 Å². The lowest BCUT2D eigenvalue weighted by atomic mass is 10.1. The minimum Gasteiger partial charge on any atom is -0.431 e. The summed E-state index contributed by atoms with van der Waals surface area (Å²) in [6.07, 6.45) is -2.32. The van der Waals surface area contributed by atoms with Crippen LogP contribution in [-0.2, 0) is 28.9 Å². The molecule has 0 radical (unpaired) electrons. The van der Waals surface area contributed by atoms with Crippen molar-refractivity contribution in [2.45, 2.75) is 37.1 Å². The van der Waals surface area contributed by atoms with Gasteiger partial charge in [0.15, 0.2) is 21.3 Å². The number of carbonyl (C=O) groups is 1. The molecule has 2 aromatic heterocycles. The Kier molecular flexibility index (Phi) is 8.25. The van der Waals surface area contributed by atoms with Gasteiger partial charge >= 0.3 is 6.18 Å². The van der Waals surface area contributed by atoms with E-state index in [4.69, 9.17) is 4.42 Å². The number of aromatic nitrogens is 2. The molecular weight excluding hydrogens is 555 g/mol. The molecule has 2 aromatic carbocycles. The molecule has 4 aromatic rings. The number of pyridine rings is 1. The van der Waals surface area contributed by atoms with E-state index in [0.717, 1.165) is 5.56 Å². The van der Waals surface area contributed by atoms with Crippen molar-refractivity contribution < 1.29 is 30.8 Å². The Morgan fingerprint density at radius 2 is 1.59 bits per heavy atom. The molecule has 7 nitrogen and oxygen atoms in total. The molecule has 0 atom stereocenters. The van der Waals surface area contributed by atoms with Crippen molar-refractivity contribution in [3.8, 4) is 11.5 Å². The topological polar surface area (TPSA) is 93.4 Å². The number of Topliss-reactive ketones (excluding diaryl/α,β-unsaturated/α-hetero) is 1. The van der Waals surface area contributed by atoms with Crippen molar-refractivity contribution in [2.75, 3.05) is 23.7 Å². The summed E-state index contributed by atoms with van der Waals surface area (Å²) in [7, 11) is -3.24. The Bertz CT molecular complexity index is 1580. The third-order valence-electron chi connectivity index (χ3n) is 7.14. The highest BCUT2D eigenvalue weighted by Gasteiger charge is 2.41. The Balaban J connectivity index is 1.20. The molecule has 214 valence electrons. The van der Waals surface area contributed by atoms with Crippen LogP contribution in [0, 0.1) is 0 Å². The first-order valence-corrected chi connectivity index (χ1v) is 14.9. The van der Waals surface area contributed by atoms with Gasteiger partial charge in [-0.25, -0.2) is 18.4 Å². The molecule has 3 heterocycles. The number of hydrogen-bond donors (Lipinski definition) is 0. The summed E-state index contributed by atoms with van der Waals surface area (Å²) in [4.78, 5) is 23.1. The van der Waals surface area contributed by atoms with Crippen molar-refractivity contribution in [3.63, 3.8) is 0 Å². The lowest BCUT2D eigenvalue weighted by Gasteiger charge is -2.32. The van der Waals surface area contributed by atoms with Gasteiger partial charge in [-0.3, -0.25) is 4.79 Å². The first-order chi connectivity index (χ1) is 19.6. The molecule has 0 N–H and O–H groups in total. The minimum absolute atomic E-state index is 0.108. The molecule has 5 rings (SSSR count). The molecule has 1 aliphatic rings. The first-order valence-electron chi connectivity index (χ1n) is 13.2. The first kappa shape index (κ1) is 28.5. The highest BCUT2D eigenvalue weighted by Crippen LogP contribution is 2.36. The van der Waals surface area contributed by atoms with Gasteiger partial charge in [-0.2, -0.15) is 13.2 Å². The van der Waals surface area contributed by atoms with Crippen LogP contribution in [0.1, 0.15) is 40.2 Å². The van der Waals surface area contributed by atoms with Gasteiger partial charge in [-0.05, 0) is 48.6 Å². The second kappa shape index (κ2) is 11.9. The second-order valence-corrected chi connectivity index (χ2v) is 12.4. The average molecular weight is 584 g/mol. The largest absolute Gasteiger partial charge is 0.452 e. The number of piperidine rings is 1. The van der Waals surface area contributed by atoms with Gasteiger partial charge in [0.1, 0.15) is 5.82 Å². The molecule has 1 saturated heterocycles. The van der Waals surface area contributed by atoms with Crippen LogP contribution in [-0.4, -0.2) is 48.3 Å². The van der Waals surface area contributed by atoms with Gasteiger partial charge in [0.25, 0.3) is 0 Å². The van der Waals surface area contributed by atoms with E-state index < -0.39 is 38.5 Å². The number of carbonyl (C=O) groups excluding carboxylic acids is 1. The van der Waals surface area contributed by atoms with Crippen LogP contribution in [0.4, 0.5) is 19.0 Å². The molecule has 1 fully saturated rings. The van der Waals surface area contributed by atoms with E-state index in [1.54, 1.807) is 42.5 Å². The number of alkyl halides is 3. The molecule has 0 spiro atoms. The van der Waals surface area contributed by atoms with Crippen molar-refractivity contribution in [1.82, 2.24) is 9.97 Å². The monoisotopic (exact) mass is 583 g/mol. The average Bonchev–Trinajstić information content (AvgIpc) is 3.45. The molecule has 0 aliphatic carbocycles. The summed E-state index contributed by atoms with van der Waals surface area (Å²) in [6, 6.07) is 20.9. The van der Waals surface area contributed by atoms with E-state index in [0.29, 0.717) is 49.3 Å². The fourth-order valence-electron chi connectivity index (χ4n) is 4.90. The number of oxazole rings is 1. The smallest absolute Gasteiger partial charge is 0.431 e. The quantitative estimate of drug-likeness (QED) is 0.230. The van der Waals surface area contributed by atoms with Gasteiger partial charge in [-0.1, -0.05) is 54.6 Å². The van der Waals surface area contributed by atoms with E-state index in [1.807, 2.05) is 35.2 Å². The molecule has 0 unspecified atom stereocenters. The van der Waals surface area contributed by atoms with Crippen LogP contribution in [0.15, 0.2) is 83.4 Å². The van der Waals surface area contributed by atoms with Crippen LogP contribution in [0.3, 0.4) is 0 Å². The Labute approximate surface area is 236 Å². The number of aryl methyl sites for hydroxylation is 1. The van der Waals surface area contributed by atoms with Crippen LogP contribution in [0.5, 0.6) is 0 Å². The van der Waals surface area contributed by atoms with E-state index in [2.05, 4.69) is 9.97 Å². The van der Waals surface area contributed by atoms with Gasteiger partial charge in [0, 0.05) is 31.3 Å². The highest BCUT2D eigenvalue weighted by molar-refractivity contribution is 7.92. The van der Waals surface area contributed by atoms with Gasteiger partial charge in [-0.15, -0.1) is 0 Å². The standard InChI is InChI=1S/C30H28F3N3O4S/c31-30(32,33)28-27(35-29(40-28)23-9-5-2-6-10-23)25(37)19-22-11-12-26(34-20-22)36-16-13-24(14-17-36)41(38,39)18-15-21-7-3-1-4-8-21/h1-12,20,24H,13-19H2. The molecule has 11 heteroatoms. The summed E-state index contributed by atoms with van der Waals surface area (Å²) in [6.45, 7) is 1.02. The molecule has 0 saturated carbocycles. The number of nitrogens with zero attached hydrogens (tertiary/aromatic N) is 3. The van der Waals surface area contributed by atoms with Crippen LogP contribution in [0.2, 0.25) is 0 Å².